The number of hydrogen-bond acceptors (Lipinski definition) is 12. The molecule has 2 heterocycles. The molecule has 1 aliphatic rings. The van der Waals surface area contributed by atoms with E-state index in [4.69, 9.17) is 15.2 Å². The second-order valence-corrected chi connectivity index (χ2v) is 20.5. The Bertz CT molecular complexity index is 2620. The summed E-state index contributed by atoms with van der Waals surface area (Å²) < 4.78 is 45.0. The third-order valence-corrected chi connectivity index (χ3v) is 13.3. The Kier molecular flexibility index (Phi) is 23.4. The fourth-order valence-corrected chi connectivity index (χ4v) is 9.36. The topological polar surface area (TPSA) is 303 Å². The molecule has 4 aromatic rings. The van der Waals surface area contributed by atoms with E-state index in [0.29, 0.717) is 67.5 Å². The molecule has 0 saturated carbocycles. The van der Waals surface area contributed by atoms with Gasteiger partial charge in [0.2, 0.25) is 35.4 Å². The quantitative estimate of drug-likeness (QED) is 0.0255. The first kappa shape index (κ1) is 60.2. The van der Waals surface area contributed by atoms with Crippen LogP contribution >= 0.6 is 7.82 Å². The number of aryl methyl sites for hydroxylation is 1. The number of aliphatic hydroxyl groups excluding tert-OH is 1. The molecular weight excluding hydrogens is 1010 g/mol. The molecule has 9 N–H and O–H groups in total. The van der Waals surface area contributed by atoms with Crippen molar-refractivity contribution in [1.29, 1.82) is 0 Å². The predicted octanol–water partition coefficient (Wildman–Crippen LogP) is 4.49. The highest BCUT2D eigenvalue weighted by molar-refractivity contribution is 7.46. The molecule has 0 bridgehead atoms. The minimum Gasteiger partial charge on any atom is -0.489 e. The first-order chi connectivity index (χ1) is 36.2. The number of primary amides is 1. The van der Waals surface area contributed by atoms with Crippen LogP contribution in [0.2, 0.25) is 0 Å². The van der Waals surface area contributed by atoms with Gasteiger partial charge in [0, 0.05) is 44.3 Å². The molecule has 0 aliphatic carbocycles. The second-order valence-electron chi connectivity index (χ2n) is 19.3. The smallest absolute Gasteiger partial charge is 0.469 e. The molecule has 0 radical (unpaired) electrons. The van der Waals surface area contributed by atoms with E-state index in [1.165, 1.54) is 17.9 Å². The van der Waals surface area contributed by atoms with Crippen molar-refractivity contribution >= 4 is 43.3 Å². The SMILES string of the molecule is CC(=O)N1CCC[C@H]1C(=O)N[C@@H](CC(C)C)C(=O)N[C@@H](Cc1cn(CCCCCCCCc2c(F)cccc2Oc2cccc(OCc3ccccc3)c2)cn1)C(=O)N[C@@H](CO)C(=O)N[C@H](C(N)=O)[C@@H](C)OP(=O)(O)O. The number of nitrogens with one attached hydrogen (secondary N) is 4. The van der Waals surface area contributed by atoms with Gasteiger partial charge in [0.05, 0.1) is 24.7 Å². The molecular formula is C53H72FN8O13P. The number of aliphatic hydroxyl groups is 1. The van der Waals surface area contributed by atoms with Gasteiger partial charge in [-0.2, -0.15) is 0 Å². The maximum Gasteiger partial charge on any atom is 0.469 e. The van der Waals surface area contributed by atoms with Crippen molar-refractivity contribution in [1.82, 2.24) is 35.7 Å². The van der Waals surface area contributed by atoms with Crippen LogP contribution in [-0.2, 0) is 63.8 Å². The van der Waals surface area contributed by atoms with Crippen LogP contribution in [0.4, 0.5) is 4.39 Å². The van der Waals surface area contributed by atoms with Crippen LogP contribution in [0.15, 0.2) is 85.3 Å². The van der Waals surface area contributed by atoms with Gasteiger partial charge in [-0.05, 0) is 81.2 Å². The van der Waals surface area contributed by atoms with Gasteiger partial charge < -0.3 is 60.8 Å². The molecule has 0 spiro atoms. The van der Waals surface area contributed by atoms with Crippen LogP contribution in [0.25, 0.3) is 0 Å². The highest BCUT2D eigenvalue weighted by Crippen LogP contribution is 2.38. The maximum absolute atomic E-state index is 15.1. The number of halogens is 1. The van der Waals surface area contributed by atoms with Crippen LogP contribution < -0.4 is 36.5 Å². The van der Waals surface area contributed by atoms with Gasteiger partial charge in [0.1, 0.15) is 59.9 Å². The summed E-state index contributed by atoms with van der Waals surface area (Å²) in [5, 5.41) is 20.1. The molecule has 1 aliphatic heterocycles. The molecule has 3 aromatic carbocycles. The minimum absolute atomic E-state index is 0.113. The number of aromatic nitrogens is 2. The summed E-state index contributed by atoms with van der Waals surface area (Å²) in [6.07, 6.45) is 8.21. The highest BCUT2D eigenvalue weighted by atomic mass is 31.2. The number of phosphoric acid groups is 1. The summed E-state index contributed by atoms with van der Waals surface area (Å²) in [6, 6.07) is 14.9. The monoisotopic (exact) mass is 1080 g/mol. The van der Waals surface area contributed by atoms with Gasteiger partial charge in [-0.15, -0.1) is 0 Å². The minimum atomic E-state index is -5.14. The number of carbonyl (C=O) groups is 6. The number of nitrogens with zero attached hydrogens (tertiary/aromatic N) is 3. The van der Waals surface area contributed by atoms with Crippen molar-refractivity contribution < 1.29 is 66.6 Å². The molecule has 5 rings (SSSR count). The second kappa shape index (κ2) is 29.6. The lowest BCUT2D eigenvalue weighted by Crippen LogP contribution is -2.61. The fourth-order valence-electron chi connectivity index (χ4n) is 8.81. The molecule has 23 heteroatoms. The lowest BCUT2D eigenvalue weighted by Gasteiger charge is -2.28. The predicted molar refractivity (Wildman–Crippen MR) is 277 cm³/mol. The molecule has 0 unspecified atom stereocenters. The van der Waals surface area contributed by atoms with E-state index < -0.39 is 80.3 Å². The molecule has 1 aromatic heterocycles. The standard InChI is InChI=1S/C53H72FN8O13P/c1-34(2)27-43(58-53(69)46-23-16-26-62(46)36(4)64)50(66)57-44(51(67)59-45(31-63)52(68)60-48(49(55)65)35(3)75-76(70,71)72)28-38-30-61(33-56-38)25-13-8-6-5-7-12-21-41-42(54)22-15-24-47(41)74-40-20-14-19-39(29-40)73-32-37-17-10-9-11-18-37/h9-11,14-15,17-20,22,24,29-30,33-35,43-46,48,63H,5-8,12-13,16,21,23,25-28,31-32H2,1-4H3,(H2,55,65)(H,57,66)(H,58,69)(H,59,67)(H,60,68)(H2,70,71,72)/t35-,43+,44+,45+,46+,48+/m1/s1. The Hall–Kier alpha value is -6.71. The number of hydrogen-bond donors (Lipinski definition) is 8. The van der Waals surface area contributed by atoms with E-state index >= 15 is 4.39 Å². The van der Waals surface area contributed by atoms with Crippen LogP contribution in [0, 0.1) is 11.7 Å². The van der Waals surface area contributed by atoms with E-state index in [1.807, 2.05) is 60.9 Å². The normalized spacial score (nSPS) is 15.5. The fraction of sp³-hybridized carbons (Fsp3) is 0.491. The summed E-state index contributed by atoms with van der Waals surface area (Å²) in [4.78, 5) is 104. The lowest BCUT2D eigenvalue weighted by molar-refractivity contribution is -0.139. The van der Waals surface area contributed by atoms with Crippen molar-refractivity contribution in [2.75, 3.05) is 13.2 Å². The zero-order valence-corrected chi connectivity index (χ0v) is 44.3. The van der Waals surface area contributed by atoms with E-state index in [2.05, 4.69) is 30.8 Å². The number of amides is 6. The molecule has 1 fully saturated rings. The van der Waals surface area contributed by atoms with E-state index in [-0.39, 0.29) is 30.5 Å². The summed E-state index contributed by atoms with van der Waals surface area (Å²) >= 11 is 0. The van der Waals surface area contributed by atoms with Crippen molar-refractivity contribution in [3.8, 4) is 17.2 Å². The van der Waals surface area contributed by atoms with Crippen molar-refractivity contribution in [2.24, 2.45) is 11.7 Å². The van der Waals surface area contributed by atoms with E-state index in [0.717, 1.165) is 51.0 Å². The van der Waals surface area contributed by atoms with Crippen molar-refractivity contribution in [2.45, 2.75) is 148 Å². The Morgan fingerprint density at radius 1 is 0.829 bits per heavy atom. The summed E-state index contributed by atoms with van der Waals surface area (Å²) in [5.41, 5.74) is 7.28. The molecule has 6 atom stereocenters. The van der Waals surface area contributed by atoms with Gasteiger partial charge in [0.15, 0.2) is 0 Å². The third kappa shape index (κ3) is 19.5. The van der Waals surface area contributed by atoms with Crippen molar-refractivity contribution in [3.63, 3.8) is 0 Å². The number of benzene rings is 3. The van der Waals surface area contributed by atoms with Gasteiger partial charge >= 0.3 is 7.82 Å². The average molecular weight is 1080 g/mol. The highest BCUT2D eigenvalue weighted by Gasteiger charge is 2.37. The maximum atomic E-state index is 15.1. The number of nitrogens with two attached hydrogens (primary N) is 1. The lowest BCUT2D eigenvalue weighted by atomic mass is 10.0. The Morgan fingerprint density at radius 2 is 1.49 bits per heavy atom. The summed E-state index contributed by atoms with van der Waals surface area (Å²) in [6.45, 7) is 6.44. The zero-order valence-electron chi connectivity index (χ0n) is 43.4. The number of rotatable bonds is 31. The van der Waals surface area contributed by atoms with Gasteiger partial charge in [-0.25, -0.2) is 13.9 Å². The van der Waals surface area contributed by atoms with Gasteiger partial charge in [-0.1, -0.05) is 82.0 Å². The Labute approximate surface area is 442 Å². The number of likely N-dealkylation sites (tertiary alicyclic amines) is 1. The number of carbonyl (C=O) groups excluding carboxylic acids is 6. The molecule has 76 heavy (non-hydrogen) atoms. The summed E-state index contributed by atoms with van der Waals surface area (Å²) in [7, 11) is -5.14. The Balaban J connectivity index is 1.17. The van der Waals surface area contributed by atoms with Crippen LogP contribution in [0.5, 0.6) is 17.2 Å². The largest absolute Gasteiger partial charge is 0.489 e. The van der Waals surface area contributed by atoms with Gasteiger partial charge in [0.25, 0.3) is 0 Å². The number of imidazole rings is 1. The molecule has 21 nitrogen and oxygen atoms in total. The Morgan fingerprint density at radius 3 is 2.17 bits per heavy atom. The van der Waals surface area contributed by atoms with Crippen LogP contribution in [-0.4, -0.2) is 114 Å². The number of unbranched alkanes of at least 4 members (excludes halogenated alkanes) is 5. The van der Waals surface area contributed by atoms with Crippen LogP contribution in [0.3, 0.4) is 0 Å². The van der Waals surface area contributed by atoms with E-state index in [9.17, 15) is 48.2 Å². The first-order valence-electron chi connectivity index (χ1n) is 25.6. The van der Waals surface area contributed by atoms with Gasteiger partial charge in [-0.3, -0.25) is 33.3 Å². The first-order valence-corrected chi connectivity index (χ1v) is 27.1. The molecule has 6 amide bonds. The van der Waals surface area contributed by atoms with Crippen LogP contribution in [0.1, 0.15) is 102 Å². The molecule has 1 saturated heterocycles. The summed E-state index contributed by atoms with van der Waals surface area (Å²) in [5.74, 6) is -3.74. The molecule has 414 valence electrons. The average Bonchev–Trinajstić information content (AvgIpc) is 4.05. The van der Waals surface area contributed by atoms with E-state index in [1.54, 1.807) is 36.8 Å². The van der Waals surface area contributed by atoms with Crippen molar-refractivity contribution in [3.05, 3.63) is 108 Å². The number of ether oxygens (including phenoxy) is 2. The number of phosphoric ester groups is 1. The zero-order chi connectivity index (χ0) is 55.4. The third-order valence-electron chi connectivity index (χ3n) is 12.7.